The summed E-state index contributed by atoms with van der Waals surface area (Å²) in [4.78, 5) is 33.8. The number of rotatable bonds is 14. The van der Waals surface area contributed by atoms with Gasteiger partial charge < -0.3 is 44.5 Å². The number of anilines is 3. The molecule has 1 amide bonds. The monoisotopic (exact) mass is 791 g/mol. The number of nitrogens with one attached hydrogen (secondary N) is 1. The molecular formula is C41H53N13O4. The molecule has 2 saturated heterocycles. The summed E-state index contributed by atoms with van der Waals surface area (Å²) in [6.07, 6.45) is 3.50. The first-order valence-electron chi connectivity index (χ1n) is 19.9. The first-order chi connectivity index (χ1) is 28.1. The maximum absolute atomic E-state index is 13.8. The number of fused-ring (bicyclic) bond motifs is 3. The molecule has 0 aliphatic carbocycles. The fourth-order valence-corrected chi connectivity index (χ4v) is 7.43. The molecule has 58 heavy (non-hydrogen) atoms. The molecule has 17 heteroatoms. The molecule has 2 unspecified atom stereocenters. The van der Waals surface area contributed by atoms with Crippen molar-refractivity contribution in [1.29, 1.82) is 0 Å². The van der Waals surface area contributed by atoms with Crippen LogP contribution in [-0.2, 0) is 4.79 Å². The Bertz CT molecular complexity index is 2300. The summed E-state index contributed by atoms with van der Waals surface area (Å²) < 4.78 is 21.3. The molecule has 0 bridgehead atoms. The van der Waals surface area contributed by atoms with Crippen LogP contribution in [0.25, 0.3) is 28.3 Å². The summed E-state index contributed by atoms with van der Waals surface area (Å²) >= 11 is 0. The Morgan fingerprint density at radius 2 is 1.53 bits per heavy atom. The molecule has 8 rings (SSSR count). The van der Waals surface area contributed by atoms with E-state index in [1.165, 1.54) is 10.2 Å². The summed E-state index contributed by atoms with van der Waals surface area (Å²) in [5.74, 6) is 2.61. The van der Waals surface area contributed by atoms with Crippen LogP contribution < -0.4 is 30.3 Å². The van der Waals surface area contributed by atoms with Gasteiger partial charge in [-0.25, -0.2) is 4.98 Å². The summed E-state index contributed by atoms with van der Waals surface area (Å²) in [6.45, 7) is 10.4. The van der Waals surface area contributed by atoms with E-state index in [4.69, 9.17) is 24.6 Å². The zero-order valence-electron chi connectivity index (χ0n) is 33.9. The van der Waals surface area contributed by atoms with Crippen LogP contribution in [0.4, 0.5) is 17.3 Å². The number of aromatic nitrogens is 6. The predicted octanol–water partition coefficient (Wildman–Crippen LogP) is 3.26. The Balaban J connectivity index is 0.915. The number of nitrogens with zero attached hydrogens (tertiary/aromatic N) is 11. The molecular weight excluding hydrogens is 739 g/mol. The van der Waals surface area contributed by atoms with Crippen molar-refractivity contribution in [2.75, 3.05) is 116 Å². The molecule has 2 aliphatic rings. The second-order valence-electron chi connectivity index (χ2n) is 15.4. The van der Waals surface area contributed by atoms with Gasteiger partial charge in [0.05, 0.1) is 17.7 Å². The number of carbonyl (C=O) groups is 1. The molecule has 2 fully saturated rings. The van der Waals surface area contributed by atoms with E-state index < -0.39 is 6.04 Å². The first-order valence-corrected chi connectivity index (χ1v) is 19.9. The molecule has 3 N–H and O–H groups in total. The molecule has 2 aromatic carbocycles. The Morgan fingerprint density at radius 3 is 2.19 bits per heavy atom. The average molecular weight is 792 g/mol. The van der Waals surface area contributed by atoms with Gasteiger partial charge in [-0.05, 0) is 89.7 Å². The van der Waals surface area contributed by atoms with Crippen LogP contribution in [0.1, 0.15) is 24.6 Å². The van der Waals surface area contributed by atoms with Crippen molar-refractivity contribution in [2.24, 2.45) is 0 Å². The van der Waals surface area contributed by atoms with E-state index in [0.717, 1.165) is 68.6 Å². The maximum atomic E-state index is 13.8. The highest BCUT2D eigenvalue weighted by molar-refractivity contribution is 5.91. The Hall–Kier alpha value is -5.91. The minimum Gasteiger partial charge on any atom is -0.492 e. The molecule has 0 saturated carbocycles. The number of nitrogens with two attached hydrogens (primary N) is 1. The number of nitrogen functional groups attached to an aromatic ring is 1. The van der Waals surface area contributed by atoms with E-state index in [1.54, 1.807) is 17.1 Å². The van der Waals surface area contributed by atoms with Gasteiger partial charge in [-0.3, -0.25) is 14.4 Å². The topological polar surface area (TPSA) is 164 Å². The minimum atomic E-state index is -0.564. The lowest BCUT2D eigenvalue weighted by molar-refractivity contribution is -0.134. The van der Waals surface area contributed by atoms with Crippen LogP contribution in [0.3, 0.4) is 0 Å². The van der Waals surface area contributed by atoms with Crippen molar-refractivity contribution in [2.45, 2.75) is 19.0 Å². The lowest BCUT2D eigenvalue weighted by Crippen LogP contribution is -2.50. The highest BCUT2D eigenvalue weighted by atomic mass is 16.5. The number of hydrogen-bond acceptors (Lipinski definition) is 14. The first kappa shape index (κ1) is 38.9. The van der Waals surface area contributed by atoms with Crippen molar-refractivity contribution < 1.29 is 18.7 Å². The van der Waals surface area contributed by atoms with Gasteiger partial charge in [0.2, 0.25) is 17.7 Å². The average Bonchev–Trinajstić information content (AvgIpc) is 4.01. The second-order valence-corrected chi connectivity index (χ2v) is 15.4. The summed E-state index contributed by atoms with van der Waals surface area (Å²) in [5.41, 5.74) is 10.5. The number of carbonyl (C=O) groups excluding carboxylic acids is 1. The van der Waals surface area contributed by atoms with Crippen LogP contribution in [0, 0.1) is 0 Å². The number of amides is 1. The quantitative estimate of drug-likeness (QED) is 0.165. The van der Waals surface area contributed by atoms with Crippen molar-refractivity contribution >= 4 is 39.9 Å². The predicted molar refractivity (Wildman–Crippen MR) is 224 cm³/mol. The zero-order valence-corrected chi connectivity index (χ0v) is 33.9. The minimum absolute atomic E-state index is 0.0157. The third-order valence-corrected chi connectivity index (χ3v) is 10.9. The smallest absolute Gasteiger partial charge is 0.247 e. The number of benzene rings is 2. The molecule has 4 aromatic heterocycles. The molecule has 306 valence electrons. The van der Waals surface area contributed by atoms with Gasteiger partial charge >= 0.3 is 0 Å². The maximum Gasteiger partial charge on any atom is 0.247 e. The number of piperazine rings is 2. The van der Waals surface area contributed by atoms with Crippen molar-refractivity contribution in [3.8, 4) is 23.1 Å². The van der Waals surface area contributed by atoms with Crippen molar-refractivity contribution in [3.63, 3.8) is 0 Å². The van der Waals surface area contributed by atoms with E-state index in [2.05, 4.69) is 64.4 Å². The van der Waals surface area contributed by atoms with Gasteiger partial charge in [-0.2, -0.15) is 14.6 Å². The Labute approximate surface area is 337 Å². The third kappa shape index (κ3) is 8.37. The van der Waals surface area contributed by atoms with Crippen molar-refractivity contribution in [3.05, 3.63) is 72.6 Å². The van der Waals surface area contributed by atoms with E-state index in [0.29, 0.717) is 54.6 Å². The molecule has 0 radical (unpaired) electrons. The summed E-state index contributed by atoms with van der Waals surface area (Å²) in [6, 6.07) is 17.7. The fraction of sp³-hybridized carbons (Fsp3) is 0.439. The van der Waals surface area contributed by atoms with Crippen molar-refractivity contribution in [1.82, 2.24) is 49.4 Å². The number of likely N-dealkylation sites (N-methyl/N-ethyl adjacent to an activating group) is 2. The van der Waals surface area contributed by atoms with Crippen LogP contribution in [0.2, 0.25) is 0 Å². The highest BCUT2D eigenvalue weighted by Crippen LogP contribution is 2.30. The van der Waals surface area contributed by atoms with E-state index >= 15 is 0 Å². The summed E-state index contributed by atoms with van der Waals surface area (Å²) in [5, 5.41) is 13.3. The van der Waals surface area contributed by atoms with Gasteiger partial charge in [-0.1, -0.05) is 0 Å². The third-order valence-electron chi connectivity index (χ3n) is 10.9. The number of ether oxygens (including phenoxy) is 2. The standard InChI is InChI=1S/C41H53N13O4/c1-28(40(55)52-20-18-51(19-21-52)31-6-10-32(11-7-31)56-23-22-48(2)3)53-25-34-37(46-53)45-41(42)54-39(34)44-38(47-54)36-24-29(26-58-36)35(49(4)5)27-57-33-12-8-30(9-13-33)50-16-14-43-15-17-50/h6-13,24-26,28,35,43H,14-23,27H2,1-5H3,(H2,42,45,46). The van der Waals surface area contributed by atoms with Gasteiger partial charge in [0.15, 0.2) is 17.1 Å². The van der Waals surface area contributed by atoms with Crippen LogP contribution >= 0.6 is 0 Å². The van der Waals surface area contributed by atoms with E-state index in [1.807, 2.05) is 70.3 Å². The number of hydrogen-bond donors (Lipinski definition) is 2. The SMILES string of the molecule is CC(C(=O)N1CCN(c2ccc(OCCN(C)C)cc2)CC1)n1cc2c(nc(N)n3nc(-c4cc(C(COc5ccc(N6CCNCC6)cc5)N(C)C)co4)nc23)n1. The van der Waals surface area contributed by atoms with E-state index in [9.17, 15) is 4.79 Å². The Kier molecular flexibility index (Phi) is 11.3. The van der Waals surface area contributed by atoms with Gasteiger partial charge in [0.1, 0.15) is 30.8 Å². The molecule has 17 nitrogen and oxygen atoms in total. The second kappa shape index (κ2) is 16.9. The largest absolute Gasteiger partial charge is 0.492 e. The molecule has 2 atom stereocenters. The highest BCUT2D eigenvalue weighted by Gasteiger charge is 2.28. The van der Waals surface area contributed by atoms with Crippen LogP contribution in [0.5, 0.6) is 11.5 Å². The molecule has 6 aromatic rings. The van der Waals surface area contributed by atoms with E-state index in [-0.39, 0.29) is 17.9 Å². The summed E-state index contributed by atoms with van der Waals surface area (Å²) in [7, 11) is 8.07. The lowest BCUT2D eigenvalue weighted by atomic mass is 10.1. The van der Waals surface area contributed by atoms with Crippen LogP contribution in [0.15, 0.2) is 71.5 Å². The molecule has 2 aliphatic heterocycles. The lowest BCUT2D eigenvalue weighted by Gasteiger charge is -2.37. The number of furan rings is 1. The molecule has 0 spiro atoms. The Morgan fingerprint density at radius 1 is 0.879 bits per heavy atom. The van der Waals surface area contributed by atoms with Gasteiger partial charge in [0, 0.05) is 82.0 Å². The normalized spacial score (nSPS) is 16.2. The van der Waals surface area contributed by atoms with Crippen LogP contribution in [-0.4, -0.2) is 150 Å². The molecule has 6 heterocycles. The fourth-order valence-electron chi connectivity index (χ4n) is 7.43. The van der Waals surface area contributed by atoms with Gasteiger partial charge in [-0.15, -0.1) is 5.10 Å². The zero-order chi connectivity index (χ0) is 40.3. The van der Waals surface area contributed by atoms with Gasteiger partial charge in [0.25, 0.3) is 0 Å².